The number of phenols is 2. The molecule has 0 spiro atoms. The van der Waals surface area contributed by atoms with Crippen molar-refractivity contribution in [1.29, 1.82) is 0 Å². The molecule has 0 saturated heterocycles. The third-order valence-corrected chi connectivity index (χ3v) is 5.67. The number of halogens is 7. The van der Waals surface area contributed by atoms with Crippen LogP contribution in [0, 0.1) is 0 Å². The Balaban J connectivity index is 2.02. The number of phenolic OH excluding ortho intramolecular Hbond substituents is 2. The third-order valence-electron chi connectivity index (χ3n) is 5.35. The number of rotatable bonds is 3. The zero-order chi connectivity index (χ0) is 25.1. The van der Waals surface area contributed by atoms with E-state index in [0.717, 1.165) is 42.5 Å². The molecule has 3 N–H and O–H groups in total. The standard InChI is InChI=1S/C22H12ClF6NO4/c23-14-7-6-13-18(17(14)21(24,25)26)30-19(33)20(13,11-3-8-15(31)16(32)9-11)10-1-4-12(5-2-10)34-22(27,28)29/h1-9,31-32H,(H,30,33). The number of ether oxygens (including phenoxy) is 1. The van der Waals surface area contributed by atoms with Gasteiger partial charge in [-0.2, -0.15) is 13.2 Å². The molecular formula is C22H12ClF6NO4. The van der Waals surface area contributed by atoms with Crippen molar-refractivity contribution in [2.24, 2.45) is 0 Å². The van der Waals surface area contributed by atoms with Crippen LogP contribution in [0.3, 0.4) is 0 Å². The molecular weight excluding hydrogens is 492 g/mol. The summed E-state index contributed by atoms with van der Waals surface area (Å²) in [5.41, 5.74) is -4.27. The van der Waals surface area contributed by atoms with Gasteiger partial charge in [0.05, 0.1) is 16.3 Å². The van der Waals surface area contributed by atoms with Crippen LogP contribution in [0.25, 0.3) is 0 Å². The Bertz CT molecular complexity index is 1290. The van der Waals surface area contributed by atoms with Crippen LogP contribution in [0.5, 0.6) is 17.2 Å². The number of hydrogen-bond donors (Lipinski definition) is 3. The lowest BCUT2D eigenvalue weighted by atomic mass is 9.70. The summed E-state index contributed by atoms with van der Waals surface area (Å²) in [6, 6.07) is 9.29. The summed E-state index contributed by atoms with van der Waals surface area (Å²) >= 11 is 5.79. The molecule has 0 saturated carbocycles. The fraction of sp³-hybridized carbons (Fsp3) is 0.136. The van der Waals surface area contributed by atoms with Crippen molar-refractivity contribution >= 4 is 23.2 Å². The molecule has 34 heavy (non-hydrogen) atoms. The molecule has 1 amide bonds. The Kier molecular flexibility index (Phi) is 5.35. The van der Waals surface area contributed by atoms with E-state index in [4.69, 9.17) is 11.6 Å². The van der Waals surface area contributed by atoms with Gasteiger partial charge >= 0.3 is 12.5 Å². The average Bonchev–Trinajstić information content (AvgIpc) is 3.00. The first-order valence-corrected chi connectivity index (χ1v) is 9.73. The first kappa shape index (κ1) is 23.6. The van der Waals surface area contributed by atoms with Crippen molar-refractivity contribution in [3.05, 3.63) is 81.9 Å². The van der Waals surface area contributed by atoms with Crippen molar-refractivity contribution in [3.63, 3.8) is 0 Å². The van der Waals surface area contributed by atoms with Gasteiger partial charge in [-0.1, -0.05) is 35.9 Å². The van der Waals surface area contributed by atoms with Crippen LogP contribution in [0.1, 0.15) is 22.3 Å². The number of anilines is 1. The highest BCUT2D eigenvalue weighted by Gasteiger charge is 2.53. The molecule has 3 aromatic rings. The molecule has 0 radical (unpaired) electrons. The number of carbonyl (C=O) groups is 1. The molecule has 3 aromatic carbocycles. The van der Waals surface area contributed by atoms with E-state index in [1.165, 1.54) is 12.1 Å². The van der Waals surface area contributed by atoms with E-state index in [9.17, 15) is 41.4 Å². The maximum atomic E-state index is 13.8. The number of benzene rings is 3. The van der Waals surface area contributed by atoms with E-state index in [1.807, 2.05) is 0 Å². The predicted octanol–water partition coefficient (Wildman–Crippen LogP) is 5.96. The van der Waals surface area contributed by atoms with E-state index in [-0.39, 0.29) is 16.7 Å². The molecule has 1 unspecified atom stereocenters. The van der Waals surface area contributed by atoms with Gasteiger partial charge in [0.25, 0.3) is 0 Å². The Hall–Kier alpha value is -3.60. The van der Waals surface area contributed by atoms with E-state index in [1.54, 1.807) is 0 Å². The molecule has 1 aliphatic rings. The highest BCUT2D eigenvalue weighted by atomic mass is 35.5. The van der Waals surface area contributed by atoms with E-state index >= 15 is 0 Å². The van der Waals surface area contributed by atoms with Gasteiger partial charge in [-0.15, -0.1) is 13.2 Å². The molecule has 12 heteroatoms. The highest BCUT2D eigenvalue weighted by Crippen LogP contribution is 2.54. The second kappa shape index (κ2) is 7.73. The molecule has 1 aliphatic heterocycles. The summed E-state index contributed by atoms with van der Waals surface area (Å²) in [7, 11) is 0. The normalized spacial score (nSPS) is 17.9. The number of hydrogen-bond acceptors (Lipinski definition) is 4. The number of aromatic hydroxyl groups is 2. The average molecular weight is 504 g/mol. The lowest BCUT2D eigenvalue weighted by molar-refractivity contribution is -0.274. The number of carbonyl (C=O) groups excluding carboxylic acids is 1. The third kappa shape index (κ3) is 3.75. The van der Waals surface area contributed by atoms with E-state index in [2.05, 4.69) is 10.1 Å². The minimum Gasteiger partial charge on any atom is -0.504 e. The number of amides is 1. The van der Waals surface area contributed by atoms with Crippen molar-refractivity contribution in [1.82, 2.24) is 0 Å². The lowest BCUT2D eigenvalue weighted by Crippen LogP contribution is -2.37. The Morgan fingerprint density at radius 1 is 0.853 bits per heavy atom. The van der Waals surface area contributed by atoms with Crippen LogP contribution in [0.4, 0.5) is 32.0 Å². The summed E-state index contributed by atoms with van der Waals surface area (Å²) in [4.78, 5) is 13.4. The molecule has 5 nitrogen and oxygen atoms in total. The summed E-state index contributed by atoms with van der Waals surface area (Å²) in [6.45, 7) is 0. The van der Waals surface area contributed by atoms with Crippen molar-refractivity contribution in [2.75, 3.05) is 5.32 Å². The second-order valence-corrected chi connectivity index (χ2v) is 7.73. The first-order valence-electron chi connectivity index (χ1n) is 9.35. The van der Waals surface area contributed by atoms with Crippen LogP contribution in [0.15, 0.2) is 54.6 Å². The van der Waals surface area contributed by atoms with Gasteiger partial charge in [0, 0.05) is 5.56 Å². The fourth-order valence-electron chi connectivity index (χ4n) is 4.03. The molecule has 0 aliphatic carbocycles. The van der Waals surface area contributed by atoms with Gasteiger partial charge < -0.3 is 20.3 Å². The Morgan fingerprint density at radius 3 is 2.03 bits per heavy atom. The van der Waals surface area contributed by atoms with Crippen molar-refractivity contribution in [3.8, 4) is 17.2 Å². The molecule has 178 valence electrons. The van der Waals surface area contributed by atoms with E-state index < -0.39 is 57.4 Å². The van der Waals surface area contributed by atoms with Gasteiger partial charge in [0.2, 0.25) is 5.91 Å². The van der Waals surface area contributed by atoms with Crippen LogP contribution < -0.4 is 10.1 Å². The van der Waals surface area contributed by atoms with Gasteiger partial charge in [-0.3, -0.25) is 4.79 Å². The minimum atomic E-state index is -4.99. The SMILES string of the molecule is O=C1Nc2c(ccc(Cl)c2C(F)(F)F)C1(c1ccc(OC(F)(F)F)cc1)c1ccc(O)c(O)c1. The minimum absolute atomic E-state index is 0.0289. The molecule has 0 fully saturated rings. The topological polar surface area (TPSA) is 78.8 Å². The smallest absolute Gasteiger partial charge is 0.504 e. The van der Waals surface area contributed by atoms with Crippen molar-refractivity contribution in [2.45, 2.75) is 18.0 Å². The predicted molar refractivity (Wildman–Crippen MR) is 108 cm³/mol. The molecule has 0 aromatic heterocycles. The summed E-state index contributed by atoms with van der Waals surface area (Å²) < 4.78 is 82.9. The van der Waals surface area contributed by atoms with Gasteiger partial charge in [-0.05, 0) is 41.5 Å². The second-order valence-electron chi connectivity index (χ2n) is 7.32. The number of alkyl halides is 6. The molecule has 1 atom stereocenters. The first-order chi connectivity index (χ1) is 15.7. The zero-order valence-electron chi connectivity index (χ0n) is 16.6. The van der Waals surface area contributed by atoms with Gasteiger partial charge in [0.15, 0.2) is 11.5 Å². The maximum Gasteiger partial charge on any atom is 0.573 e. The lowest BCUT2D eigenvalue weighted by Gasteiger charge is -2.29. The van der Waals surface area contributed by atoms with Crippen LogP contribution in [-0.2, 0) is 16.4 Å². The summed E-state index contributed by atoms with van der Waals surface area (Å²) in [5.74, 6) is -2.82. The van der Waals surface area contributed by atoms with Crippen LogP contribution >= 0.6 is 11.6 Å². The maximum absolute atomic E-state index is 13.8. The van der Waals surface area contributed by atoms with Crippen LogP contribution in [-0.4, -0.2) is 22.5 Å². The number of nitrogens with one attached hydrogen (secondary N) is 1. The van der Waals surface area contributed by atoms with Gasteiger partial charge in [-0.25, -0.2) is 0 Å². The molecule has 0 bridgehead atoms. The summed E-state index contributed by atoms with van der Waals surface area (Å²) in [5, 5.41) is 21.2. The van der Waals surface area contributed by atoms with Crippen molar-refractivity contribution < 1.29 is 46.1 Å². The summed E-state index contributed by atoms with van der Waals surface area (Å²) in [6.07, 6.45) is -9.94. The molecule has 1 heterocycles. The Morgan fingerprint density at radius 2 is 1.47 bits per heavy atom. The largest absolute Gasteiger partial charge is 0.573 e. The monoisotopic (exact) mass is 503 g/mol. The molecule has 4 rings (SSSR count). The number of fused-ring (bicyclic) bond motifs is 1. The zero-order valence-corrected chi connectivity index (χ0v) is 17.3. The van der Waals surface area contributed by atoms with Gasteiger partial charge in [0.1, 0.15) is 11.2 Å². The fourth-order valence-corrected chi connectivity index (χ4v) is 4.29. The van der Waals surface area contributed by atoms with E-state index in [0.29, 0.717) is 0 Å². The highest BCUT2D eigenvalue weighted by molar-refractivity contribution is 6.32. The quantitative estimate of drug-likeness (QED) is 0.305. The van der Waals surface area contributed by atoms with Crippen LogP contribution in [0.2, 0.25) is 5.02 Å². The Labute approximate surface area is 192 Å².